The van der Waals surface area contributed by atoms with Gasteiger partial charge in [0.2, 0.25) is 0 Å². The number of hydrogen-bond acceptors (Lipinski definition) is 3. The fraction of sp³-hybridized carbons (Fsp3) is 0.933. The molecule has 0 aromatic carbocycles. The first-order valence-electron chi connectivity index (χ1n) is 7.39. The summed E-state index contributed by atoms with van der Waals surface area (Å²) in [5, 5.41) is 0. The van der Waals surface area contributed by atoms with Crippen LogP contribution in [0.15, 0.2) is 0 Å². The number of carbonyl (C=O) groups excluding carboxylic acids is 1. The Labute approximate surface area is 111 Å². The van der Waals surface area contributed by atoms with Gasteiger partial charge in [-0.25, -0.2) is 0 Å². The van der Waals surface area contributed by atoms with Crippen molar-refractivity contribution in [2.75, 3.05) is 26.7 Å². The number of carbonyl (C=O) groups is 1. The van der Waals surface area contributed by atoms with Gasteiger partial charge in [-0.3, -0.25) is 0 Å². The van der Waals surface area contributed by atoms with Crippen LogP contribution >= 0.6 is 0 Å². The van der Waals surface area contributed by atoms with Gasteiger partial charge in [0.15, 0.2) is 0 Å². The second-order valence-electron chi connectivity index (χ2n) is 6.37. The summed E-state index contributed by atoms with van der Waals surface area (Å²) >= 11 is 0. The molecule has 1 saturated carbocycles. The summed E-state index contributed by atoms with van der Waals surface area (Å²) in [6, 6.07) is 0. The highest BCUT2D eigenvalue weighted by molar-refractivity contribution is 5.60. The molecular weight excluding hydrogens is 226 g/mol. The summed E-state index contributed by atoms with van der Waals surface area (Å²) in [5.74, 6) is 0.803. The average molecular weight is 253 g/mol. The zero-order chi connectivity index (χ0) is 13.0. The largest absolute Gasteiger partial charge is 0.381 e. The summed E-state index contributed by atoms with van der Waals surface area (Å²) in [7, 11) is 1.80. The van der Waals surface area contributed by atoms with Crippen LogP contribution in [0.5, 0.6) is 0 Å². The smallest absolute Gasteiger partial charge is 0.127 e. The molecule has 0 atom stereocenters. The SMILES string of the molecule is COC1CCN(CC2(C=O)CCC(C)CC2)CC1. The number of ether oxygens (including phenoxy) is 1. The molecule has 0 aromatic heterocycles. The maximum absolute atomic E-state index is 11.5. The lowest BCUT2D eigenvalue weighted by Crippen LogP contribution is -2.45. The molecule has 104 valence electrons. The first kappa shape index (κ1) is 14.0. The molecule has 0 N–H and O–H groups in total. The molecule has 0 amide bonds. The predicted octanol–water partition coefficient (Wildman–Crippen LogP) is 2.49. The maximum Gasteiger partial charge on any atom is 0.127 e. The summed E-state index contributed by atoms with van der Waals surface area (Å²) < 4.78 is 5.40. The molecular formula is C15H27NO2. The second kappa shape index (κ2) is 6.16. The van der Waals surface area contributed by atoms with Gasteiger partial charge in [0.05, 0.1) is 6.10 Å². The van der Waals surface area contributed by atoms with E-state index in [1.807, 2.05) is 0 Å². The van der Waals surface area contributed by atoms with E-state index in [9.17, 15) is 4.79 Å². The van der Waals surface area contributed by atoms with Crippen LogP contribution in [-0.2, 0) is 9.53 Å². The van der Waals surface area contributed by atoms with Crippen LogP contribution in [0.3, 0.4) is 0 Å². The summed E-state index contributed by atoms with van der Waals surface area (Å²) in [4.78, 5) is 14.0. The van der Waals surface area contributed by atoms with Gasteiger partial charge in [-0.05, 0) is 44.4 Å². The molecule has 3 nitrogen and oxygen atoms in total. The van der Waals surface area contributed by atoms with Crippen molar-refractivity contribution >= 4 is 6.29 Å². The lowest BCUT2D eigenvalue weighted by molar-refractivity contribution is -0.120. The maximum atomic E-state index is 11.5. The van der Waals surface area contributed by atoms with Crippen LogP contribution in [0, 0.1) is 11.3 Å². The van der Waals surface area contributed by atoms with Crippen molar-refractivity contribution in [2.45, 2.75) is 51.6 Å². The Bertz CT molecular complexity index is 264. The first-order valence-corrected chi connectivity index (χ1v) is 7.39. The van der Waals surface area contributed by atoms with Gasteiger partial charge in [0, 0.05) is 32.2 Å². The molecule has 2 rings (SSSR count). The van der Waals surface area contributed by atoms with Gasteiger partial charge in [-0.15, -0.1) is 0 Å². The van der Waals surface area contributed by atoms with E-state index in [0.717, 1.165) is 51.2 Å². The number of aldehydes is 1. The topological polar surface area (TPSA) is 29.5 Å². The predicted molar refractivity (Wildman–Crippen MR) is 72.6 cm³/mol. The number of methoxy groups -OCH3 is 1. The van der Waals surface area contributed by atoms with Crippen LogP contribution in [0.1, 0.15) is 45.4 Å². The van der Waals surface area contributed by atoms with Gasteiger partial charge in [0.25, 0.3) is 0 Å². The van der Waals surface area contributed by atoms with E-state index in [2.05, 4.69) is 11.8 Å². The third-order valence-corrected chi connectivity index (χ3v) is 4.93. The highest BCUT2D eigenvalue weighted by atomic mass is 16.5. The molecule has 1 aliphatic heterocycles. The van der Waals surface area contributed by atoms with Crippen LogP contribution in [0.2, 0.25) is 0 Å². The van der Waals surface area contributed by atoms with Gasteiger partial charge in [-0.2, -0.15) is 0 Å². The highest BCUT2D eigenvalue weighted by Crippen LogP contribution is 2.38. The molecule has 0 aromatic rings. The zero-order valence-electron chi connectivity index (χ0n) is 11.9. The fourth-order valence-electron chi connectivity index (χ4n) is 3.40. The average Bonchev–Trinajstić information content (AvgIpc) is 2.43. The molecule has 1 aliphatic carbocycles. The van der Waals surface area contributed by atoms with Crippen molar-refractivity contribution in [3.05, 3.63) is 0 Å². The second-order valence-corrected chi connectivity index (χ2v) is 6.37. The molecule has 18 heavy (non-hydrogen) atoms. The minimum atomic E-state index is -0.0492. The van der Waals surface area contributed by atoms with Crippen molar-refractivity contribution in [3.63, 3.8) is 0 Å². The van der Waals surface area contributed by atoms with Crippen LogP contribution in [0.4, 0.5) is 0 Å². The lowest BCUT2D eigenvalue weighted by Gasteiger charge is -2.41. The van der Waals surface area contributed by atoms with Crippen molar-refractivity contribution in [3.8, 4) is 0 Å². The Hall–Kier alpha value is -0.410. The molecule has 2 aliphatic rings. The van der Waals surface area contributed by atoms with E-state index in [1.165, 1.54) is 19.1 Å². The molecule has 0 radical (unpaired) electrons. The van der Waals surface area contributed by atoms with Gasteiger partial charge in [-0.1, -0.05) is 6.92 Å². The summed E-state index contributed by atoms with van der Waals surface area (Å²) in [5.41, 5.74) is -0.0492. The minimum absolute atomic E-state index is 0.0492. The lowest BCUT2D eigenvalue weighted by atomic mass is 9.71. The summed E-state index contributed by atoms with van der Waals surface area (Å²) in [6.45, 7) is 5.45. The third-order valence-electron chi connectivity index (χ3n) is 4.93. The number of piperidine rings is 1. The van der Waals surface area contributed by atoms with E-state index in [1.54, 1.807) is 7.11 Å². The molecule has 0 spiro atoms. The van der Waals surface area contributed by atoms with E-state index in [0.29, 0.717) is 6.10 Å². The highest BCUT2D eigenvalue weighted by Gasteiger charge is 2.36. The van der Waals surface area contributed by atoms with Gasteiger partial charge >= 0.3 is 0 Å². The molecule has 0 bridgehead atoms. The molecule has 1 heterocycles. The molecule has 0 unspecified atom stereocenters. The Morgan fingerprint density at radius 1 is 1.22 bits per heavy atom. The Morgan fingerprint density at radius 3 is 2.33 bits per heavy atom. The van der Waals surface area contributed by atoms with Crippen molar-refractivity contribution < 1.29 is 9.53 Å². The molecule has 1 saturated heterocycles. The Morgan fingerprint density at radius 2 is 1.83 bits per heavy atom. The Kier molecular flexibility index (Phi) is 4.79. The van der Waals surface area contributed by atoms with E-state index in [4.69, 9.17) is 4.74 Å². The van der Waals surface area contributed by atoms with Gasteiger partial charge < -0.3 is 14.4 Å². The minimum Gasteiger partial charge on any atom is -0.381 e. The molecule has 3 heteroatoms. The van der Waals surface area contributed by atoms with E-state index >= 15 is 0 Å². The van der Waals surface area contributed by atoms with Crippen LogP contribution < -0.4 is 0 Å². The quantitative estimate of drug-likeness (QED) is 0.721. The van der Waals surface area contributed by atoms with E-state index < -0.39 is 0 Å². The standard InChI is InChI=1S/C15H27NO2/c1-13-3-7-15(12-17,8-4-13)11-16-9-5-14(18-2)6-10-16/h12-14H,3-11H2,1-2H3. The molecule has 2 fully saturated rings. The summed E-state index contributed by atoms with van der Waals surface area (Å²) in [6.07, 6.45) is 8.51. The number of likely N-dealkylation sites (tertiary alicyclic amines) is 1. The van der Waals surface area contributed by atoms with Crippen LogP contribution in [0.25, 0.3) is 0 Å². The van der Waals surface area contributed by atoms with E-state index in [-0.39, 0.29) is 5.41 Å². The number of hydrogen-bond donors (Lipinski definition) is 0. The normalized spacial score (nSPS) is 35.6. The van der Waals surface area contributed by atoms with Crippen molar-refractivity contribution in [2.24, 2.45) is 11.3 Å². The monoisotopic (exact) mass is 253 g/mol. The number of nitrogens with zero attached hydrogens (tertiary/aromatic N) is 1. The first-order chi connectivity index (χ1) is 8.67. The zero-order valence-corrected chi connectivity index (χ0v) is 11.9. The number of rotatable bonds is 4. The van der Waals surface area contributed by atoms with Crippen molar-refractivity contribution in [1.82, 2.24) is 4.90 Å². The third kappa shape index (κ3) is 3.33. The Balaban J connectivity index is 1.85. The van der Waals surface area contributed by atoms with Crippen molar-refractivity contribution in [1.29, 1.82) is 0 Å². The fourth-order valence-corrected chi connectivity index (χ4v) is 3.40. The van der Waals surface area contributed by atoms with Crippen LogP contribution in [-0.4, -0.2) is 44.0 Å². The van der Waals surface area contributed by atoms with Gasteiger partial charge in [0.1, 0.15) is 6.29 Å².